The minimum absolute atomic E-state index is 0.182. The molecule has 5 nitrogen and oxygen atoms in total. The van der Waals surface area contributed by atoms with Gasteiger partial charge in [-0.05, 0) is 19.3 Å². The van der Waals surface area contributed by atoms with Gasteiger partial charge in [0.15, 0.2) is 5.69 Å². The van der Waals surface area contributed by atoms with Gasteiger partial charge < -0.3 is 15.5 Å². The van der Waals surface area contributed by atoms with E-state index in [0.29, 0.717) is 11.6 Å². The number of carbonyl (C=O) groups is 1. The van der Waals surface area contributed by atoms with E-state index in [1.54, 1.807) is 0 Å². The molecule has 0 fully saturated rings. The third kappa shape index (κ3) is 4.67. The number of oxazole rings is 1. The van der Waals surface area contributed by atoms with Crippen molar-refractivity contribution in [2.45, 2.75) is 65.0 Å². The first-order chi connectivity index (χ1) is 9.12. The zero-order valence-corrected chi connectivity index (χ0v) is 12.1. The van der Waals surface area contributed by atoms with Crippen LogP contribution in [0.4, 0.5) is 0 Å². The minimum Gasteiger partial charge on any atom is -0.446 e. The number of hydrogen-bond acceptors (Lipinski definition) is 4. The molecule has 5 heteroatoms. The second-order valence-electron chi connectivity index (χ2n) is 4.81. The van der Waals surface area contributed by atoms with Crippen LogP contribution in [0.25, 0.3) is 0 Å². The number of amides is 1. The molecule has 1 heterocycles. The lowest BCUT2D eigenvalue weighted by Gasteiger charge is -2.13. The molecule has 0 radical (unpaired) electrons. The molecule has 0 saturated carbocycles. The molecular formula is C14H25N3O2. The predicted octanol–water partition coefficient (Wildman–Crippen LogP) is 2.78. The van der Waals surface area contributed by atoms with Crippen molar-refractivity contribution in [3.05, 3.63) is 17.8 Å². The van der Waals surface area contributed by atoms with Gasteiger partial charge in [0.1, 0.15) is 6.26 Å². The van der Waals surface area contributed by atoms with Gasteiger partial charge in [0.2, 0.25) is 5.89 Å². The summed E-state index contributed by atoms with van der Waals surface area (Å²) in [4.78, 5) is 16.1. The first-order valence-corrected chi connectivity index (χ1v) is 7.14. The van der Waals surface area contributed by atoms with Gasteiger partial charge >= 0.3 is 0 Å². The van der Waals surface area contributed by atoms with E-state index >= 15 is 0 Å². The summed E-state index contributed by atoms with van der Waals surface area (Å²) in [5.41, 5.74) is 6.27. The van der Waals surface area contributed by atoms with Gasteiger partial charge in [0.25, 0.3) is 5.91 Å². The van der Waals surface area contributed by atoms with Gasteiger partial charge in [-0.15, -0.1) is 0 Å². The van der Waals surface area contributed by atoms with Crippen molar-refractivity contribution in [2.75, 3.05) is 0 Å². The van der Waals surface area contributed by atoms with Gasteiger partial charge in [-0.1, -0.05) is 33.6 Å². The van der Waals surface area contributed by atoms with Crippen LogP contribution in [0.3, 0.4) is 0 Å². The van der Waals surface area contributed by atoms with Crippen molar-refractivity contribution in [3.8, 4) is 0 Å². The van der Waals surface area contributed by atoms with Crippen molar-refractivity contribution < 1.29 is 9.21 Å². The van der Waals surface area contributed by atoms with Gasteiger partial charge in [0, 0.05) is 6.04 Å². The van der Waals surface area contributed by atoms with Crippen molar-refractivity contribution in [1.29, 1.82) is 0 Å². The summed E-state index contributed by atoms with van der Waals surface area (Å²) in [6.45, 7) is 6.20. The molecule has 3 N–H and O–H groups in total. The summed E-state index contributed by atoms with van der Waals surface area (Å²) in [6, 6.07) is -0.0453. The van der Waals surface area contributed by atoms with Crippen LogP contribution in [0.15, 0.2) is 10.7 Å². The van der Waals surface area contributed by atoms with E-state index in [-0.39, 0.29) is 18.0 Å². The molecule has 0 saturated heterocycles. The Morgan fingerprint density at radius 1 is 1.42 bits per heavy atom. The molecule has 0 aromatic carbocycles. The monoisotopic (exact) mass is 267 g/mol. The lowest BCUT2D eigenvalue weighted by Crippen LogP contribution is -2.34. The van der Waals surface area contributed by atoms with Crippen molar-refractivity contribution in [2.24, 2.45) is 5.73 Å². The van der Waals surface area contributed by atoms with Crippen LogP contribution in [0.2, 0.25) is 0 Å². The zero-order chi connectivity index (χ0) is 14.3. The normalized spacial score (nSPS) is 12.7. The number of unbranched alkanes of at least 4 members (excludes halogenated alkanes) is 1. The maximum atomic E-state index is 11.9. The highest BCUT2D eigenvalue weighted by molar-refractivity contribution is 5.92. The molecule has 108 valence electrons. The van der Waals surface area contributed by atoms with Gasteiger partial charge in [-0.3, -0.25) is 4.79 Å². The molecule has 0 aliphatic heterocycles. The highest BCUT2D eigenvalue weighted by atomic mass is 16.3. The van der Waals surface area contributed by atoms with Crippen LogP contribution in [0.5, 0.6) is 0 Å². The van der Waals surface area contributed by atoms with E-state index in [2.05, 4.69) is 17.2 Å². The first kappa shape index (κ1) is 15.7. The topological polar surface area (TPSA) is 81.1 Å². The first-order valence-electron chi connectivity index (χ1n) is 7.14. The van der Waals surface area contributed by atoms with Crippen molar-refractivity contribution in [3.63, 3.8) is 0 Å². The van der Waals surface area contributed by atoms with E-state index in [9.17, 15) is 4.79 Å². The van der Waals surface area contributed by atoms with Crippen molar-refractivity contribution >= 4 is 5.91 Å². The molecule has 0 spiro atoms. The molecule has 0 aliphatic carbocycles. The fourth-order valence-corrected chi connectivity index (χ4v) is 1.86. The third-order valence-electron chi connectivity index (χ3n) is 3.26. The average Bonchev–Trinajstić information content (AvgIpc) is 2.91. The molecule has 19 heavy (non-hydrogen) atoms. The number of rotatable bonds is 8. The molecule has 1 unspecified atom stereocenters. The molecule has 1 atom stereocenters. The number of carbonyl (C=O) groups excluding carboxylic acids is 1. The van der Waals surface area contributed by atoms with Crippen LogP contribution in [0.1, 0.15) is 75.3 Å². The molecule has 1 aromatic heterocycles. The Morgan fingerprint density at radius 3 is 2.68 bits per heavy atom. The zero-order valence-electron chi connectivity index (χ0n) is 12.1. The Labute approximate surface area is 115 Å². The Hall–Kier alpha value is -1.36. The Bertz CT molecular complexity index is 386. The van der Waals surface area contributed by atoms with Crippen LogP contribution < -0.4 is 11.1 Å². The van der Waals surface area contributed by atoms with E-state index in [1.165, 1.54) is 6.26 Å². The number of nitrogens with two attached hydrogens (primary N) is 1. The van der Waals surface area contributed by atoms with Gasteiger partial charge in [0.05, 0.1) is 6.04 Å². The van der Waals surface area contributed by atoms with Crippen LogP contribution >= 0.6 is 0 Å². The lowest BCUT2D eigenvalue weighted by atomic mass is 10.1. The van der Waals surface area contributed by atoms with Crippen molar-refractivity contribution in [1.82, 2.24) is 10.3 Å². The summed E-state index contributed by atoms with van der Waals surface area (Å²) in [5.74, 6) is 0.259. The molecule has 0 aliphatic rings. The number of aromatic nitrogens is 1. The third-order valence-corrected chi connectivity index (χ3v) is 3.26. The SMILES string of the molecule is CCCCC(N)c1nc(C(=O)NC(CC)CC)co1. The Morgan fingerprint density at radius 2 is 2.11 bits per heavy atom. The highest BCUT2D eigenvalue weighted by Crippen LogP contribution is 2.16. The van der Waals surface area contributed by atoms with Gasteiger partial charge in [-0.2, -0.15) is 0 Å². The number of hydrogen-bond donors (Lipinski definition) is 2. The Balaban J connectivity index is 2.60. The van der Waals surface area contributed by atoms with E-state index < -0.39 is 0 Å². The van der Waals surface area contributed by atoms with E-state index in [4.69, 9.17) is 10.2 Å². The fraction of sp³-hybridized carbons (Fsp3) is 0.714. The molecule has 1 rings (SSSR count). The predicted molar refractivity (Wildman–Crippen MR) is 74.8 cm³/mol. The Kier molecular flexibility index (Phi) is 6.56. The van der Waals surface area contributed by atoms with Crippen LogP contribution in [-0.4, -0.2) is 16.9 Å². The standard InChI is InChI=1S/C14H25N3O2/c1-4-7-8-11(15)14-17-12(9-19-14)13(18)16-10(5-2)6-3/h9-11H,4-8,15H2,1-3H3,(H,16,18). The summed E-state index contributed by atoms with van der Waals surface area (Å²) in [5, 5.41) is 2.93. The van der Waals surface area contributed by atoms with Crippen LogP contribution in [0, 0.1) is 0 Å². The molecule has 0 bridgehead atoms. The van der Waals surface area contributed by atoms with Crippen LogP contribution in [-0.2, 0) is 0 Å². The lowest BCUT2D eigenvalue weighted by molar-refractivity contribution is 0.0929. The van der Waals surface area contributed by atoms with E-state index in [1.807, 2.05) is 13.8 Å². The second kappa shape index (κ2) is 7.94. The smallest absolute Gasteiger partial charge is 0.273 e. The summed E-state index contributed by atoms with van der Waals surface area (Å²) in [7, 11) is 0. The average molecular weight is 267 g/mol. The maximum absolute atomic E-state index is 11.9. The minimum atomic E-state index is -0.227. The molecular weight excluding hydrogens is 242 g/mol. The summed E-state index contributed by atoms with van der Waals surface area (Å²) < 4.78 is 5.30. The second-order valence-corrected chi connectivity index (χ2v) is 4.81. The summed E-state index contributed by atoms with van der Waals surface area (Å²) >= 11 is 0. The number of nitrogens with zero attached hydrogens (tertiary/aromatic N) is 1. The fourth-order valence-electron chi connectivity index (χ4n) is 1.86. The van der Waals surface area contributed by atoms with Gasteiger partial charge in [-0.25, -0.2) is 4.98 Å². The maximum Gasteiger partial charge on any atom is 0.273 e. The van der Waals surface area contributed by atoms with E-state index in [0.717, 1.165) is 32.1 Å². The largest absolute Gasteiger partial charge is 0.446 e. The molecule has 1 amide bonds. The highest BCUT2D eigenvalue weighted by Gasteiger charge is 2.18. The number of nitrogens with one attached hydrogen (secondary N) is 1. The molecule has 1 aromatic rings. The summed E-state index contributed by atoms with van der Waals surface area (Å²) in [6.07, 6.45) is 6.13. The quantitative estimate of drug-likeness (QED) is 0.759.